The summed E-state index contributed by atoms with van der Waals surface area (Å²) < 4.78 is 5.43. The van der Waals surface area contributed by atoms with Crippen LogP contribution in [0.15, 0.2) is 30.5 Å². The van der Waals surface area contributed by atoms with Gasteiger partial charge in [-0.1, -0.05) is 17.7 Å². The molecule has 1 aromatic carbocycles. The van der Waals surface area contributed by atoms with Crippen LogP contribution >= 0.6 is 0 Å². The van der Waals surface area contributed by atoms with Gasteiger partial charge in [0.15, 0.2) is 0 Å². The number of benzene rings is 1. The third-order valence-electron chi connectivity index (χ3n) is 3.27. The molecule has 0 aliphatic heterocycles. The number of ether oxygens (including phenoxy) is 1. The maximum atomic E-state index is 5.43. The molecular formula is C16H21N3O. The first kappa shape index (κ1) is 14.5. The van der Waals surface area contributed by atoms with Crippen molar-refractivity contribution in [3.63, 3.8) is 0 Å². The van der Waals surface area contributed by atoms with Crippen molar-refractivity contribution in [3.05, 3.63) is 53.1 Å². The van der Waals surface area contributed by atoms with Crippen LogP contribution in [-0.4, -0.2) is 17.1 Å². The van der Waals surface area contributed by atoms with Crippen LogP contribution in [0.3, 0.4) is 0 Å². The fourth-order valence-corrected chi connectivity index (χ4v) is 2.16. The molecule has 1 atom stereocenters. The van der Waals surface area contributed by atoms with Gasteiger partial charge in [0.2, 0.25) is 0 Å². The number of aromatic nitrogens is 2. The number of nitrogens with one attached hydrogen (secondary N) is 1. The minimum absolute atomic E-state index is 0.195. The monoisotopic (exact) mass is 271 g/mol. The van der Waals surface area contributed by atoms with Crippen LogP contribution in [0, 0.1) is 13.8 Å². The fraction of sp³-hybridized carbons (Fsp3) is 0.375. The van der Waals surface area contributed by atoms with Crippen LogP contribution in [0.25, 0.3) is 0 Å². The van der Waals surface area contributed by atoms with Crippen molar-refractivity contribution >= 4 is 0 Å². The van der Waals surface area contributed by atoms with Gasteiger partial charge >= 0.3 is 0 Å². The maximum Gasteiger partial charge on any atom is 0.125 e. The van der Waals surface area contributed by atoms with E-state index in [9.17, 15) is 0 Å². The Morgan fingerprint density at radius 2 is 2.05 bits per heavy atom. The standard InChI is InChI=1S/C16H21N3O/c1-11-5-6-16(20-4)15(9-11)12(2)18-10-14-7-8-17-13(3)19-14/h5-9,12,18H,10H2,1-4H3. The normalized spacial score (nSPS) is 12.2. The molecule has 0 amide bonds. The van der Waals surface area contributed by atoms with E-state index in [2.05, 4.69) is 41.3 Å². The second-order valence-corrected chi connectivity index (χ2v) is 4.94. The molecule has 106 valence electrons. The van der Waals surface area contributed by atoms with Gasteiger partial charge < -0.3 is 10.1 Å². The van der Waals surface area contributed by atoms with Gasteiger partial charge in [0, 0.05) is 24.3 Å². The molecule has 2 rings (SSSR count). The third kappa shape index (κ3) is 3.54. The van der Waals surface area contributed by atoms with Crippen molar-refractivity contribution in [2.75, 3.05) is 7.11 Å². The van der Waals surface area contributed by atoms with E-state index in [-0.39, 0.29) is 6.04 Å². The Kier molecular flexibility index (Phi) is 4.69. The summed E-state index contributed by atoms with van der Waals surface area (Å²) in [5.74, 6) is 1.71. The van der Waals surface area contributed by atoms with Crippen molar-refractivity contribution in [1.82, 2.24) is 15.3 Å². The summed E-state index contributed by atoms with van der Waals surface area (Å²) in [4.78, 5) is 8.50. The second-order valence-electron chi connectivity index (χ2n) is 4.94. The quantitative estimate of drug-likeness (QED) is 0.908. The predicted molar refractivity (Wildman–Crippen MR) is 79.8 cm³/mol. The van der Waals surface area contributed by atoms with E-state index in [1.54, 1.807) is 13.3 Å². The largest absolute Gasteiger partial charge is 0.496 e. The Morgan fingerprint density at radius 1 is 1.25 bits per heavy atom. The van der Waals surface area contributed by atoms with Gasteiger partial charge in [-0.15, -0.1) is 0 Å². The minimum Gasteiger partial charge on any atom is -0.496 e. The Labute approximate surface area is 120 Å². The van der Waals surface area contributed by atoms with Crippen LogP contribution in [-0.2, 0) is 6.54 Å². The molecule has 1 unspecified atom stereocenters. The first-order valence-corrected chi connectivity index (χ1v) is 6.76. The molecule has 1 heterocycles. The van der Waals surface area contributed by atoms with Gasteiger partial charge in [0.1, 0.15) is 11.6 Å². The molecule has 4 nitrogen and oxygen atoms in total. The summed E-state index contributed by atoms with van der Waals surface area (Å²) in [6.45, 7) is 6.83. The van der Waals surface area contributed by atoms with Crippen LogP contribution in [0.5, 0.6) is 5.75 Å². The topological polar surface area (TPSA) is 47.0 Å². The molecule has 1 aromatic heterocycles. The number of hydrogen-bond donors (Lipinski definition) is 1. The van der Waals surface area contributed by atoms with Crippen molar-refractivity contribution in [2.24, 2.45) is 0 Å². The van der Waals surface area contributed by atoms with E-state index in [0.29, 0.717) is 6.54 Å². The lowest BCUT2D eigenvalue weighted by Gasteiger charge is -2.18. The van der Waals surface area contributed by atoms with Gasteiger partial charge in [0.25, 0.3) is 0 Å². The highest BCUT2D eigenvalue weighted by atomic mass is 16.5. The molecule has 0 radical (unpaired) electrons. The molecule has 2 aromatic rings. The Balaban J connectivity index is 2.08. The summed E-state index contributed by atoms with van der Waals surface area (Å²) in [7, 11) is 1.70. The van der Waals surface area contributed by atoms with E-state index in [1.807, 2.05) is 19.1 Å². The first-order valence-electron chi connectivity index (χ1n) is 6.76. The molecule has 0 fully saturated rings. The summed E-state index contributed by atoms with van der Waals surface area (Å²) in [6, 6.07) is 8.35. The zero-order valence-electron chi connectivity index (χ0n) is 12.5. The van der Waals surface area contributed by atoms with Gasteiger partial charge in [-0.05, 0) is 32.9 Å². The zero-order valence-corrected chi connectivity index (χ0v) is 12.5. The minimum atomic E-state index is 0.195. The van der Waals surface area contributed by atoms with Crippen LogP contribution in [0.2, 0.25) is 0 Å². The van der Waals surface area contributed by atoms with Crippen molar-refractivity contribution in [1.29, 1.82) is 0 Å². The third-order valence-corrected chi connectivity index (χ3v) is 3.27. The van der Waals surface area contributed by atoms with E-state index >= 15 is 0 Å². The second kappa shape index (κ2) is 6.48. The predicted octanol–water partition coefficient (Wildman–Crippen LogP) is 2.95. The number of nitrogens with zero attached hydrogens (tertiary/aromatic N) is 2. The van der Waals surface area contributed by atoms with Crippen LogP contribution in [0.4, 0.5) is 0 Å². The average molecular weight is 271 g/mol. The summed E-state index contributed by atoms with van der Waals surface area (Å²) in [5, 5.41) is 3.47. The molecular weight excluding hydrogens is 250 g/mol. The molecule has 0 bridgehead atoms. The molecule has 1 N–H and O–H groups in total. The Hall–Kier alpha value is -1.94. The van der Waals surface area contributed by atoms with Gasteiger partial charge in [-0.2, -0.15) is 0 Å². The lowest BCUT2D eigenvalue weighted by atomic mass is 10.0. The van der Waals surface area contributed by atoms with E-state index in [1.165, 1.54) is 11.1 Å². The average Bonchev–Trinajstić information content (AvgIpc) is 2.45. The molecule has 0 aliphatic carbocycles. The lowest BCUT2D eigenvalue weighted by Crippen LogP contribution is -2.19. The SMILES string of the molecule is COc1ccc(C)cc1C(C)NCc1ccnc(C)n1. The highest BCUT2D eigenvalue weighted by Crippen LogP contribution is 2.26. The van der Waals surface area contributed by atoms with Crippen molar-refractivity contribution in [2.45, 2.75) is 33.4 Å². The molecule has 0 spiro atoms. The van der Waals surface area contributed by atoms with E-state index < -0.39 is 0 Å². The molecule has 0 saturated carbocycles. The van der Waals surface area contributed by atoms with Crippen LogP contribution in [0.1, 0.15) is 35.6 Å². The highest BCUT2D eigenvalue weighted by molar-refractivity contribution is 5.38. The van der Waals surface area contributed by atoms with E-state index in [0.717, 1.165) is 17.3 Å². The first-order chi connectivity index (χ1) is 9.60. The number of rotatable bonds is 5. The van der Waals surface area contributed by atoms with Crippen molar-refractivity contribution < 1.29 is 4.74 Å². The van der Waals surface area contributed by atoms with Gasteiger partial charge in [0.05, 0.1) is 12.8 Å². The van der Waals surface area contributed by atoms with Crippen molar-refractivity contribution in [3.8, 4) is 5.75 Å². The number of methoxy groups -OCH3 is 1. The molecule has 20 heavy (non-hydrogen) atoms. The summed E-state index contributed by atoms with van der Waals surface area (Å²) >= 11 is 0. The number of aryl methyl sites for hydroxylation is 2. The Bertz CT molecular complexity index is 584. The maximum absolute atomic E-state index is 5.43. The lowest BCUT2D eigenvalue weighted by molar-refractivity contribution is 0.401. The zero-order chi connectivity index (χ0) is 14.5. The molecule has 4 heteroatoms. The van der Waals surface area contributed by atoms with Gasteiger partial charge in [-0.25, -0.2) is 9.97 Å². The number of hydrogen-bond acceptors (Lipinski definition) is 4. The molecule has 0 saturated heterocycles. The molecule has 0 aliphatic rings. The van der Waals surface area contributed by atoms with Crippen LogP contribution < -0.4 is 10.1 Å². The fourth-order valence-electron chi connectivity index (χ4n) is 2.16. The summed E-state index contributed by atoms with van der Waals surface area (Å²) in [5.41, 5.74) is 3.39. The Morgan fingerprint density at radius 3 is 2.75 bits per heavy atom. The summed E-state index contributed by atoms with van der Waals surface area (Å²) in [6.07, 6.45) is 1.79. The van der Waals surface area contributed by atoms with E-state index in [4.69, 9.17) is 4.74 Å². The highest BCUT2D eigenvalue weighted by Gasteiger charge is 2.11. The van der Waals surface area contributed by atoms with Gasteiger partial charge in [-0.3, -0.25) is 0 Å². The smallest absolute Gasteiger partial charge is 0.125 e.